The molecule has 1 heterocycles. The van der Waals surface area contributed by atoms with Crippen LogP contribution < -0.4 is 4.90 Å². The highest BCUT2D eigenvalue weighted by Crippen LogP contribution is 2.30. The van der Waals surface area contributed by atoms with Gasteiger partial charge in [-0.1, -0.05) is 6.07 Å². The Labute approximate surface area is 122 Å². The molecule has 1 N–H and O–H groups in total. The van der Waals surface area contributed by atoms with E-state index in [0.717, 1.165) is 5.56 Å². The maximum Gasteiger partial charge on any atom is 0.292 e. The number of nitro groups is 1. The molecule has 0 atom stereocenters. The van der Waals surface area contributed by atoms with Gasteiger partial charge in [0.15, 0.2) is 0 Å². The van der Waals surface area contributed by atoms with Crippen molar-refractivity contribution in [3.05, 3.63) is 64.0 Å². The van der Waals surface area contributed by atoms with E-state index in [4.69, 9.17) is 5.11 Å². The van der Waals surface area contributed by atoms with Gasteiger partial charge in [0.1, 0.15) is 5.69 Å². The molecule has 0 fully saturated rings. The molecule has 0 spiro atoms. The SMILES string of the molecule is CCN(Cc1ccncc1)c1ccc(CO)cc1[N+](=O)[O-]. The fraction of sp³-hybridized carbons (Fsp3) is 0.267. The van der Waals surface area contributed by atoms with Gasteiger partial charge in [-0.15, -0.1) is 0 Å². The second kappa shape index (κ2) is 6.81. The molecule has 6 nitrogen and oxygen atoms in total. The number of hydrogen-bond acceptors (Lipinski definition) is 5. The van der Waals surface area contributed by atoms with Crippen molar-refractivity contribution in [3.8, 4) is 0 Å². The van der Waals surface area contributed by atoms with E-state index in [9.17, 15) is 10.1 Å². The van der Waals surface area contributed by atoms with Crippen molar-refractivity contribution in [3.63, 3.8) is 0 Å². The van der Waals surface area contributed by atoms with Crippen molar-refractivity contribution in [1.82, 2.24) is 4.98 Å². The van der Waals surface area contributed by atoms with Gasteiger partial charge in [0.2, 0.25) is 0 Å². The average molecular weight is 287 g/mol. The normalized spacial score (nSPS) is 10.4. The molecule has 0 aliphatic carbocycles. The molecule has 0 aliphatic heterocycles. The predicted octanol–water partition coefficient (Wildman–Crippen LogP) is 2.51. The maximum absolute atomic E-state index is 11.2. The lowest BCUT2D eigenvalue weighted by Gasteiger charge is -2.23. The van der Waals surface area contributed by atoms with Crippen LogP contribution in [0.15, 0.2) is 42.7 Å². The second-order valence-corrected chi connectivity index (χ2v) is 4.61. The summed E-state index contributed by atoms with van der Waals surface area (Å²) < 4.78 is 0. The highest BCUT2D eigenvalue weighted by molar-refractivity contribution is 5.64. The minimum atomic E-state index is -0.413. The quantitative estimate of drug-likeness (QED) is 0.652. The van der Waals surface area contributed by atoms with Crippen LogP contribution in [0.1, 0.15) is 18.1 Å². The van der Waals surface area contributed by atoms with Crippen LogP contribution in [0, 0.1) is 10.1 Å². The molecule has 0 saturated heterocycles. The Morgan fingerprint density at radius 3 is 2.52 bits per heavy atom. The Bertz CT molecular complexity index is 617. The molecule has 110 valence electrons. The second-order valence-electron chi connectivity index (χ2n) is 4.61. The summed E-state index contributed by atoms with van der Waals surface area (Å²) in [5.41, 5.74) is 2.13. The zero-order chi connectivity index (χ0) is 15.2. The molecule has 6 heteroatoms. The molecule has 0 saturated carbocycles. The van der Waals surface area contributed by atoms with Crippen LogP contribution >= 0.6 is 0 Å². The fourth-order valence-electron chi connectivity index (χ4n) is 2.16. The Morgan fingerprint density at radius 1 is 1.24 bits per heavy atom. The van der Waals surface area contributed by atoms with Crippen LogP contribution in [0.3, 0.4) is 0 Å². The first-order chi connectivity index (χ1) is 10.2. The van der Waals surface area contributed by atoms with E-state index in [1.807, 2.05) is 24.0 Å². The molecule has 2 rings (SSSR count). The van der Waals surface area contributed by atoms with Crippen molar-refractivity contribution in [2.24, 2.45) is 0 Å². The number of pyridine rings is 1. The topological polar surface area (TPSA) is 79.5 Å². The first kappa shape index (κ1) is 14.9. The van der Waals surface area contributed by atoms with Gasteiger partial charge in [-0.3, -0.25) is 15.1 Å². The Kier molecular flexibility index (Phi) is 4.84. The molecule has 0 amide bonds. The molecular weight excluding hydrogens is 270 g/mol. The van der Waals surface area contributed by atoms with Crippen molar-refractivity contribution in [2.45, 2.75) is 20.1 Å². The van der Waals surface area contributed by atoms with Crippen molar-refractivity contribution >= 4 is 11.4 Å². The van der Waals surface area contributed by atoms with Gasteiger partial charge in [0.25, 0.3) is 5.69 Å². The lowest BCUT2D eigenvalue weighted by atomic mass is 10.1. The van der Waals surface area contributed by atoms with E-state index in [0.29, 0.717) is 24.3 Å². The number of anilines is 1. The summed E-state index contributed by atoms with van der Waals surface area (Å²) in [5, 5.41) is 20.4. The number of nitrogens with zero attached hydrogens (tertiary/aromatic N) is 3. The zero-order valence-electron chi connectivity index (χ0n) is 11.8. The highest BCUT2D eigenvalue weighted by atomic mass is 16.6. The number of aliphatic hydroxyl groups is 1. The standard InChI is InChI=1S/C15H17N3O3/c1-2-17(10-12-5-7-16-8-6-12)14-4-3-13(11-19)9-15(14)18(20)21/h3-9,19H,2,10-11H2,1H3. The van der Waals surface area contributed by atoms with E-state index in [1.54, 1.807) is 24.5 Å². The van der Waals surface area contributed by atoms with Gasteiger partial charge >= 0.3 is 0 Å². The largest absolute Gasteiger partial charge is 0.392 e. The Morgan fingerprint density at radius 2 is 1.95 bits per heavy atom. The minimum Gasteiger partial charge on any atom is -0.392 e. The number of aliphatic hydroxyl groups excluding tert-OH is 1. The summed E-state index contributed by atoms with van der Waals surface area (Å²) in [6, 6.07) is 8.59. The van der Waals surface area contributed by atoms with Gasteiger partial charge in [-0.25, -0.2) is 0 Å². The van der Waals surface area contributed by atoms with Crippen LogP contribution in [0.4, 0.5) is 11.4 Å². The molecule has 1 aromatic carbocycles. The molecule has 0 aliphatic rings. The Hall–Kier alpha value is -2.47. The van der Waals surface area contributed by atoms with Gasteiger partial charge in [0.05, 0.1) is 11.5 Å². The van der Waals surface area contributed by atoms with E-state index in [1.165, 1.54) is 6.07 Å². The van der Waals surface area contributed by atoms with E-state index in [-0.39, 0.29) is 12.3 Å². The summed E-state index contributed by atoms with van der Waals surface area (Å²) in [6.07, 6.45) is 3.40. The van der Waals surface area contributed by atoms with Gasteiger partial charge in [-0.05, 0) is 36.2 Å². The molecule has 0 unspecified atom stereocenters. The van der Waals surface area contributed by atoms with Crippen LogP contribution in [0.2, 0.25) is 0 Å². The first-order valence-corrected chi connectivity index (χ1v) is 6.67. The molecular formula is C15H17N3O3. The third kappa shape index (κ3) is 3.55. The number of aromatic nitrogens is 1. The third-order valence-electron chi connectivity index (χ3n) is 3.26. The highest BCUT2D eigenvalue weighted by Gasteiger charge is 2.19. The fourth-order valence-corrected chi connectivity index (χ4v) is 2.16. The predicted molar refractivity (Wildman–Crippen MR) is 80.0 cm³/mol. The van der Waals surface area contributed by atoms with Crippen LogP contribution in [-0.4, -0.2) is 21.6 Å². The van der Waals surface area contributed by atoms with Crippen molar-refractivity contribution < 1.29 is 10.0 Å². The monoisotopic (exact) mass is 287 g/mol. The molecule has 21 heavy (non-hydrogen) atoms. The summed E-state index contributed by atoms with van der Waals surface area (Å²) in [4.78, 5) is 16.7. The average Bonchev–Trinajstić information content (AvgIpc) is 2.53. The van der Waals surface area contributed by atoms with Crippen LogP contribution in [0.25, 0.3) is 0 Å². The number of hydrogen-bond donors (Lipinski definition) is 1. The van der Waals surface area contributed by atoms with Gasteiger partial charge < -0.3 is 10.0 Å². The van der Waals surface area contributed by atoms with Gasteiger partial charge in [0, 0.05) is 31.5 Å². The van der Waals surface area contributed by atoms with Crippen molar-refractivity contribution in [2.75, 3.05) is 11.4 Å². The summed E-state index contributed by atoms with van der Waals surface area (Å²) >= 11 is 0. The minimum absolute atomic E-state index is 0.0115. The lowest BCUT2D eigenvalue weighted by molar-refractivity contribution is -0.384. The maximum atomic E-state index is 11.2. The Balaban J connectivity index is 2.35. The number of rotatable bonds is 6. The number of benzene rings is 1. The summed E-state index contributed by atoms with van der Waals surface area (Å²) in [6.45, 7) is 2.95. The molecule has 2 aromatic rings. The zero-order valence-corrected chi connectivity index (χ0v) is 11.8. The van der Waals surface area contributed by atoms with Crippen molar-refractivity contribution in [1.29, 1.82) is 0 Å². The first-order valence-electron chi connectivity index (χ1n) is 6.67. The summed E-state index contributed by atoms with van der Waals surface area (Å²) in [7, 11) is 0. The molecule has 0 bridgehead atoms. The third-order valence-corrected chi connectivity index (χ3v) is 3.26. The summed E-state index contributed by atoms with van der Waals surface area (Å²) in [5.74, 6) is 0. The number of nitro benzene ring substituents is 1. The molecule has 0 radical (unpaired) electrons. The van der Waals surface area contributed by atoms with E-state index in [2.05, 4.69) is 4.98 Å². The lowest BCUT2D eigenvalue weighted by Crippen LogP contribution is -2.23. The smallest absolute Gasteiger partial charge is 0.292 e. The van der Waals surface area contributed by atoms with Crippen LogP contribution in [-0.2, 0) is 13.2 Å². The van der Waals surface area contributed by atoms with E-state index >= 15 is 0 Å². The van der Waals surface area contributed by atoms with E-state index < -0.39 is 4.92 Å². The van der Waals surface area contributed by atoms with Gasteiger partial charge in [-0.2, -0.15) is 0 Å². The van der Waals surface area contributed by atoms with Crippen LogP contribution in [0.5, 0.6) is 0 Å². The molecule has 1 aromatic heterocycles.